The molecule has 2 atom stereocenters. The van der Waals surface area contributed by atoms with E-state index in [1.54, 1.807) is 0 Å². The van der Waals surface area contributed by atoms with Crippen LogP contribution in [0.25, 0.3) is 0 Å². The topological polar surface area (TPSA) is 63.4 Å². The van der Waals surface area contributed by atoms with Crippen LogP contribution in [0.5, 0.6) is 0 Å². The predicted octanol–water partition coefficient (Wildman–Crippen LogP) is 2.07. The maximum absolute atomic E-state index is 12.7. The lowest BCUT2D eigenvalue weighted by Crippen LogP contribution is -2.43. The lowest BCUT2D eigenvalue weighted by atomic mass is 9.80. The van der Waals surface area contributed by atoms with Crippen LogP contribution < -0.4 is 5.73 Å². The summed E-state index contributed by atoms with van der Waals surface area (Å²) in [4.78, 5) is 26.1. The second kappa shape index (κ2) is 5.74. The second-order valence-electron chi connectivity index (χ2n) is 6.88. The summed E-state index contributed by atoms with van der Waals surface area (Å²) >= 11 is 0. The molecule has 3 fully saturated rings. The van der Waals surface area contributed by atoms with Crippen molar-refractivity contribution in [1.29, 1.82) is 0 Å². The van der Waals surface area contributed by atoms with Crippen molar-refractivity contribution in [3.8, 4) is 0 Å². The van der Waals surface area contributed by atoms with E-state index in [1.807, 2.05) is 0 Å². The first-order valence-electron chi connectivity index (χ1n) is 8.26. The summed E-state index contributed by atoms with van der Waals surface area (Å²) in [6.45, 7) is 0.962. The molecular weight excluding hydrogens is 252 g/mol. The third kappa shape index (κ3) is 2.57. The van der Waals surface area contributed by atoms with E-state index in [9.17, 15) is 9.59 Å². The molecule has 0 aromatic rings. The molecule has 20 heavy (non-hydrogen) atoms. The monoisotopic (exact) mass is 278 g/mol. The maximum atomic E-state index is 12.7. The van der Waals surface area contributed by atoms with Crippen molar-refractivity contribution in [3.05, 3.63) is 0 Å². The molecule has 0 aromatic carbocycles. The molecule has 0 aromatic heterocycles. The molecule has 112 valence electrons. The summed E-state index contributed by atoms with van der Waals surface area (Å²) in [5.74, 6) is 1.08. The lowest BCUT2D eigenvalue weighted by Gasteiger charge is -2.35. The average molecular weight is 278 g/mol. The van der Waals surface area contributed by atoms with E-state index in [1.165, 1.54) is 32.1 Å². The molecule has 3 rings (SSSR count). The quantitative estimate of drug-likeness (QED) is 0.840. The Morgan fingerprint density at radius 3 is 2.20 bits per heavy atom. The fourth-order valence-corrected chi connectivity index (χ4v) is 4.54. The van der Waals surface area contributed by atoms with Crippen molar-refractivity contribution >= 4 is 11.8 Å². The number of hydrogen-bond donors (Lipinski definition) is 1. The summed E-state index contributed by atoms with van der Waals surface area (Å²) in [6, 6.07) is 0.519. The number of carbonyl (C=O) groups is 2. The van der Waals surface area contributed by atoms with E-state index in [4.69, 9.17) is 5.73 Å². The van der Waals surface area contributed by atoms with E-state index < -0.39 is 0 Å². The third-order valence-corrected chi connectivity index (χ3v) is 5.77. The minimum Gasteiger partial charge on any atom is -0.369 e. The molecule has 4 heteroatoms. The SMILES string of the molecule is NC(=O)C1CCC(C(=O)N2CC[C@@H]3CCCC[C@@H]32)CC1. The summed E-state index contributed by atoms with van der Waals surface area (Å²) in [5, 5.41) is 0. The number of rotatable bonds is 2. The number of nitrogens with two attached hydrogens (primary N) is 1. The van der Waals surface area contributed by atoms with Crippen molar-refractivity contribution in [3.63, 3.8) is 0 Å². The Labute approximate surface area is 121 Å². The van der Waals surface area contributed by atoms with Gasteiger partial charge in [-0.2, -0.15) is 0 Å². The van der Waals surface area contributed by atoms with Crippen LogP contribution in [0.2, 0.25) is 0 Å². The Balaban J connectivity index is 1.58. The molecule has 0 unspecified atom stereocenters. The van der Waals surface area contributed by atoms with Crippen molar-refractivity contribution in [1.82, 2.24) is 4.90 Å². The zero-order valence-electron chi connectivity index (χ0n) is 12.2. The van der Waals surface area contributed by atoms with E-state index >= 15 is 0 Å². The molecule has 1 saturated heterocycles. The highest BCUT2D eigenvalue weighted by Crippen LogP contribution is 2.38. The minimum atomic E-state index is -0.190. The number of hydrogen-bond acceptors (Lipinski definition) is 2. The van der Waals surface area contributed by atoms with Crippen LogP contribution in [-0.2, 0) is 9.59 Å². The van der Waals surface area contributed by atoms with Crippen LogP contribution in [0.15, 0.2) is 0 Å². The van der Waals surface area contributed by atoms with Gasteiger partial charge in [0.1, 0.15) is 0 Å². The van der Waals surface area contributed by atoms with Gasteiger partial charge in [0, 0.05) is 24.4 Å². The summed E-state index contributed by atoms with van der Waals surface area (Å²) in [6.07, 6.45) is 9.62. The van der Waals surface area contributed by atoms with Crippen LogP contribution in [-0.4, -0.2) is 29.3 Å². The van der Waals surface area contributed by atoms with Gasteiger partial charge in [0.15, 0.2) is 0 Å². The molecule has 2 aliphatic carbocycles. The van der Waals surface area contributed by atoms with Crippen LogP contribution in [0.4, 0.5) is 0 Å². The van der Waals surface area contributed by atoms with Crippen molar-refractivity contribution < 1.29 is 9.59 Å². The summed E-state index contributed by atoms with van der Waals surface area (Å²) in [5.41, 5.74) is 5.36. The molecule has 4 nitrogen and oxygen atoms in total. The van der Waals surface area contributed by atoms with Gasteiger partial charge in [0.2, 0.25) is 11.8 Å². The van der Waals surface area contributed by atoms with Crippen LogP contribution in [0, 0.1) is 17.8 Å². The Morgan fingerprint density at radius 1 is 0.850 bits per heavy atom. The molecule has 2 N–H and O–H groups in total. The number of likely N-dealkylation sites (tertiary alicyclic amines) is 1. The molecule has 0 bridgehead atoms. The van der Waals surface area contributed by atoms with Crippen LogP contribution >= 0.6 is 0 Å². The Kier molecular flexibility index (Phi) is 3.99. The number of nitrogens with zero attached hydrogens (tertiary/aromatic N) is 1. The van der Waals surface area contributed by atoms with Gasteiger partial charge in [-0.15, -0.1) is 0 Å². The van der Waals surface area contributed by atoms with Gasteiger partial charge in [0.25, 0.3) is 0 Å². The molecule has 1 heterocycles. The van der Waals surface area contributed by atoms with E-state index in [2.05, 4.69) is 4.90 Å². The molecule has 0 spiro atoms. The standard InChI is InChI=1S/C16H26N2O2/c17-15(19)12-5-7-13(8-6-12)16(20)18-10-9-11-3-1-2-4-14(11)18/h11-14H,1-10H2,(H2,17,19)/t11-,12?,13?,14-/m0/s1. The highest BCUT2D eigenvalue weighted by atomic mass is 16.2. The van der Waals surface area contributed by atoms with Crippen molar-refractivity contribution in [2.45, 2.75) is 63.8 Å². The molecule has 1 aliphatic heterocycles. The van der Waals surface area contributed by atoms with Crippen LogP contribution in [0.1, 0.15) is 57.8 Å². The van der Waals surface area contributed by atoms with Gasteiger partial charge in [0.05, 0.1) is 0 Å². The Bertz CT molecular complexity index is 388. The fourth-order valence-electron chi connectivity index (χ4n) is 4.54. The third-order valence-electron chi connectivity index (χ3n) is 5.77. The molecule has 2 amide bonds. The lowest BCUT2D eigenvalue weighted by molar-refractivity contribution is -0.139. The van der Waals surface area contributed by atoms with Gasteiger partial charge in [-0.25, -0.2) is 0 Å². The summed E-state index contributed by atoms with van der Waals surface area (Å²) in [7, 11) is 0. The van der Waals surface area contributed by atoms with Gasteiger partial charge in [-0.05, 0) is 50.9 Å². The number of carbonyl (C=O) groups excluding carboxylic acids is 2. The normalized spacial score (nSPS) is 37.5. The van der Waals surface area contributed by atoms with Gasteiger partial charge < -0.3 is 10.6 Å². The average Bonchev–Trinajstić information content (AvgIpc) is 2.90. The van der Waals surface area contributed by atoms with Gasteiger partial charge >= 0.3 is 0 Å². The summed E-state index contributed by atoms with van der Waals surface area (Å²) < 4.78 is 0. The van der Waals surface area contributed by atoms with E-state index in [0.29, 0.717) is 11.9 Å². The fraction of sp³-hybridized carbons (Fsp3) is 0.875. The molecular formula is C16H26N2O2. The maximum Gasteiger partial charge on any atom is 0.225 e. The van der Waals surface area contributed by atoms with E-state index in [0.717, 1.165) is 38.1 Å². The Hall–Kier alpha value is -1.06. The smallest absolute Gasteiger partial charge is 0.225 e. The first kappa shape index (κ1) is 13.9. The second-order valence-corrected chi connectivity index (χ2v) is 6.88. The zero-order chi connectivity index (χ0) is 14.1. The first-order chi connectivity index (χ1) is 9.66. The number of amides is 2. The highest BCUT2D eigenvalue weighted by molar-refractivity contribution is 5.81. The molecule has 2 saturated carbocycles. The van der Waals surface area contributed by atoms with Crippen LogP contribution in [0.3, 0.4) is 0 Å². The predicted molar refractivity (Wildman–Crippen MR) is 76.7 cm³/mol. The Morgan fingerprint density at radius 2 is 1.50 bits per heavy atom. The molecule has 0 radical (unpaired) electrons. The largest absolute Gasteiger partial charge is 0.369 e. The molecule has 3 aliphatic rings. The number of fused-ring (bicyclic) bond motifs is 1. The van der Waals surface area contributed by atoms with E-state index in [-0.39, 0.29) is 17.7 Å². The minimum absolute atomic E-state index is 0.0000529. The zero-order valence-corrected chi connectivity index (χ0v) is 12.2. The highest BCUT2D eigenvalue weighted by Gasteiger charge is 2.41. The van der Waals surface area contributed by atoms with Crippen molar-refractivity contribution in [2.24, 2.45) is 23.5 Å². The first-order valence-corrected chi connectivity index (χ1v) is 8.26. The van der Waals surface area contributed by atoms with Gasteiger partial charge in [-0.1, -0.05) is 12.8 Å². The van der Waals surface area contributed by atoms with Crippen molar-refractivity contribution in [2.75, 3.05) is 6.54 Å². The van der Waals surface area contributed by atoms with Gasteiger partial charge in [-0.3, -0.25) is 9.59 Å². The number of primary amides is 1.